The molecular weight excluding hydrogens is 290 g/mol. The zero-order valence-electron chi connectivity index (χ0n) is 12.1. The molecule has 1 aliphatic carbocycles. The molecule has 0 aliphatic heterocycles. The van der Waals surface area contributed by atoms with E-state index in [4.69, 9.17) is 0 Å². The molecule has 1 fully saturated rings. The van der Waals surface area contributed by atoms with Gasteiger partial charge in [0.2, 0.25) is 15.9 Å². The molecule has 1 saturated carbocycles. The van der Waals surface area contributed by atoms with Crippen LogP contribution in [0.15, 0.2) is 24.3 Å². The maximum Gasteiger partial charge on any atom is 0.238 e. The van der Waals surface area contributed by atoms with Gasteiger partial charge >= 0.3 is 0 Å². The number of carbonyl (C=O) groups excluding carboxylic acids is 1. The van der Waals surface area contributed by atoms with Gasteiger partial charge in [-0.25, -0.2) is 8.42 Å². The second-order valence-electron chi connectivity index (χ2n) is 5.37. The number of carbonyl (C=O) groups is 1. The van der Waals surface area contributed by atoms with Crippen LogP contribution in [0.1, 0.15) is 25.7 Å². The monoisotopic (exact) mass is 311 g/mol. The molecule has 2 rings (SSSR count). The summed E-state index contributed by atoms with van der Waals surface area (Å²) >= 11 is 0. The van der Waals surface area contributed by atoms with E-state index >= 15 is 0 Å². The van der Waals surface area contributed by atoms with Crippen LogP contribution >= 0.6 is 0 Å². The molecule has 0 spiro atoms. The van der Waals surface area contributed by atoms with Crippen LogP contribution in [-0.2, 0) is 14.8 Å². The zero-order valence-corrected chi connectivity index (χ0v) is 12.9. The Hall–Kier alpha value is -1.60. The number of sulfonamides is 1. The Kier molecular flexibility index (Phi) is 5.19. The van der Waals surface area contributed by atoms with Crippen LogP contribution in [-0.4, -0.2) is 33.2 Å². The highest BCUT2D eigenvalue weighted by Gasteiger charge is 2.15. The van der Waals surface area contributed by atoms with Crippen molar-refractivity contribution >= 4 is 27.3 Å². The molecule has 6 nitrogen and oxygen atoms in total. The fraction of sp³-hybridized carbons (Fsp3) is 0.500. The summed E-state index contributed by atoms with van der Waals surface area (Å²) in [6.45, 7) is 0.272. The average molecular weight is 311 g/mol. The standard InChI is InChI=1S/C14H21N3O3S/c1-21(19,20)17-13-8-4-7-12(9-13)16-14(18)10-15-11-5-2-3-6-11/h4,7-9,11,15,17H,2-3,5-6,10H2,1H3,(H,16,18). The highest BCUT2D eigenvalue weighted by Crippen LogP contribution is 2.18. The maximum absolute atomic E-state index is 11.9. The summed E-state index contributed by atoms with van der Waals surface area (Å²) in [5.41, 5.74) is 1.00. The second kappa shape index (κ2) is 6.91. The van der Waals surface area contributed by atoms with Gasteiger partial charge in [-0.15, -0.1) is 0 Å². The van der Waals surface area contributed by atoms with Crippen LogP contribution in [0, 0.1) is 0 Å². The molecule has 0 atom stereocenters. The van der Waals surface area contributed by atoms with Crippen LogP contribution in [0.3, 0.4) is 0 Å². The summed E-state index contributed by atoms with van der Waals surface area (Å²) in [5.74, 6) is -0.126. The molecule has 21 heavy (non-hydrogen) atoms. The third-order valence-corrected chi connectivity index (χ3v) is 3.96. The molecule has 116 valence electrons. The van der Waals surface area contributed by atoms with Crippen molar-refractivity contribution in [1.29, 1.82) is 0 Å². The molecule has 1 aromatic carbocycles. The zero-order chi connectivity index (χ0) is 15.3. The minimum atomic E-state index is -3.32. The van der Waals surface area contributed by atoms with E-state index < -0.39 is 10.0 Å². The van der Waals surface area contributed by atoms with Gasteiger partial charge in [0.25, 0.3) is 0 Å². The molecular formula is C14H21N3O3S. The first-order valence-corrected chi connectivity index (χ1v) is 8.92. The molecule has 0 unspecified atom stereocenters. The molecule has 7 heteroatoms. The molecule has 1 aliphatic rings. The quantitative estimate of drug-likeness (QED) is 0.743. The number of nitrogens with one attached hydrogen (secondary N) is 3. The summed E-state index contributed by atoms with van der Waals surface area (Å²) in [6, 6.07) is 7.07. The Bertz CT molecular complexity index is 595. The number of amides is 1. The number of benzene rings is 1. The number of hydrogen-bond donors (Lipinski definition) is 3. The molecule has 0 bridgehead atoms. The smallest absolute Gasteiger partial charge is 0.238 e. The highest BCUT2D eigenvalue weighted by molar-refractivity contribution is 7.92. The van der Waals surface area contributed by atoms with E-state index in [1.54, 1.807) is 24.3 Å². The lowest BCUT2D eigenvalue weighted by molar-refractivity contribution is -0.115. The van der Waals surface area contributed by atoms with Gasteiger partial charge in [0.15, 0.2) is 0 Å². The lowest BCUT2D eigenvalue weighted by atomic mass is 10.2. The first kappa shape index (κ1) is 15.8. The van der Waals surface area contributed by atoms with Gasteiger partial charge in [0, 0.05) is 11.7 Å². The predicted octanol–water partition coefficient (Wildman–Crippen LogP) is 1.53. The van der Waals surface area contributed by atoms with E-state index in [0.29, 0.717) is 17.4 Å². The largest absolute Gasteiger partial charge is 0.325 e. The van der Waals surface area contributed by atoms with E-state index in [9.17, 15) is 13.2 Å². The SMILES string of the molecule is CS(=O)(=O)Nc1cccc(NC(=O)CNC2CCCC2)c1. The predicted molar refractivity (Wildman–Crippen MR) is 83.8 cm³/mol. The lowest BCUT2D eigenvalue weighted by Crippen LogP contribution is -2.34. The minimum Gasteiger partial charge on any atom is -0.325 e. The van der Waals surface area contributed by atoms with Crippen molar-refractivity contribution in [3.63, 3.8) is 0 Å². The minimum absolute atomic E-state index is 0.126. The molecule has 1 amide bonds. The Morgan fingerprint density at radius 1 is 1.24 bits per heavy atom. The van der Waals surface area contributed by atoms with E-state index in [2.05, 4.69) is 15.4 Å². The topological polar surface area (TPSA) is 87.3 Å². The molecule has 1 aromatic rings. The van der Waals surface area contributed by atoms with Gasteiger partial charge in [-0.1, -0.05) is 18.9 Å². The summed E-state index contributed by atoms with van der Waals surface area (Å²) in [6.07, 6.45) is 5.78. The van der Waals surface area contributed by atoms with Gasteiger partial charge in [0.05, 0.1) is 18.5 Å². The van der Waals surface area contributed by atoms with Crippen molar-refractivity contribution in [2.24, 2.45) is 0 Å². The number of hydrogen-bond acceptors (Lipinski definition) is 4. The summed E-state index contributed by atoms with van der Waals surface area (Å²) in [7, 11) is -3.32. The van der Waals surface area contributed by atoms with E-state index in [-0.39, 0.29) is 12.5 Å². The molecule has 0 saturated heterocycles. The van der Waals surface area contributed by atoms with Gasteiger partial charge in [-0.05, 0) is 31.0 Å². The Morgan fingerprint density at radius 2 is 1.90 bits per heavy atom. The Labute approximate surface area is 125 Å². The third-order valence-electron chi connectivity index (χ3n) is 3.36. The van der Waals surface area contributed by atoms with Crippen molar-refractivity contribution in [3.8, 4) is 0 Å². The van der Waals surface area contributed by atoms with Gasteiger partial charge in [-0.2, -0.15) is 0 Å². The highest BCUT2D eigenvalue weighted by atomic mass is 32.2. The Balaban J connectivity index is 1.86. The van der Waals surface area contributed by atoms with Crippen molar-refractivity contribution in [2.75, 3.05) is 22.8 Å². The molecule has 0 heterocycles. The van der Waals surface area contributed by atoms with Gasteiger partial charge in [0.1, 0.15) is 0 Å². The van der Waals surface area contributed by atoms with Crippen LogP contribution in [0.25, 0.3) is 0 Å². The van der Waals surface area contributed by atoms with E-state index in [1.165, 1.54) is 12.8 Å². The van der Waals surface area contributed by atoms with Crippen LogP contribution in [0.5, 0.6) is 0 Å². The first-order valence-electron chi connectivity index (χ1n) is 7.03. The summed E-state index contributed by atoms with van der Waals surface area (Å²) < 4.78 is 24.7. The van der Waals surface area contributed by atoms with E-state index in [1.807, 2.05) is 0 Å². The fourth-order valence-electron chi connectivity index (χ4n) is 2.45. The summed E-state index contributed by atoms with van der Waals surface area (Å²) in [5, 5.41) is 5.99. The van der Waals surface area contributed by atoms with Crippen molar-refractivity contribution in [3.05, 3.63) is 24.3 Å². The van der Waals surface area contributed by atoms with Gasteiger partial charge < -0.3 is 10.6 Å². The first-order chi connectivity index (χ1) is 9.92. The fourth-order valence-corrected chi connectivity index (χ4v) is 3.00. The van der Waals surface area contributed by atoms with Gasteiger partial charge in [-0.3, -0.25) is 9.52 Å². The number of anilines is 2. The second-order valence-corrected chi connectivity index (χ2v) is 7.11. The average Bonchev–Trinajstić information content (AvgIpc) is 2.87. The molecule has 0 radical (unpaired) electrons. The maximum atomic E-state index is 11.9. The molecule has 3 N–H and O–H groups in total. The summed E-state index contributed by atoms with van der Waals surface area (Å²) in [4.78, 5) is 11.9. The normalized spacial score (nSPS) is 15.9. The van der Waals surface area contributed by atoms with Crippen molar-refractivity contribution in [1.82, 2.24) is 5.32 Å². The van der Waals surface area contributed by atoms with Crippen molar-refractivity contribution in [2.45, 2.75) is 31.7 Å². The lowest BCUT2D eigenvalue weighted by Gasteiger charge is -2.12. The van der Waals surface area contributed by atoms with Crippen LogP contribution in [0.4, 0.5) is 11.4 Å². The molecule has 0 aromatic heterocycles. The van der Waals surface area contributed by atoms with Crippen LogP contribution < -0.4 is 15.4 Å². The number of rotatable bonds is 6. The van der Waals surface area contributed by atoms with Crippen LogP contribution in [0.2, 0.25) is 0 Å². The Morgan fingerprint density at radius 3 is 2.57 bits per heavy atom. The van der Waals surface area contributed by atoms with E-state index in [0.717, 1.165) is 19.1 Å². The van der Waals surface area contributed by atoms with Crippen molar-refractivity contribution < 1.29 is 13.2 Å². The third kappa shape index (κ3) is 5.73.